The summed E-state index contributed by atoms with van der Waals surface area (Å²) >= 11 is 0. The molecule has 0 bridgehead atoms. The Hall–Kier alpha value is -5.23. The van der Waals surface area contributed by atoms with E-state index in [0.717, 1.165) is 10.5 Å². The van der Waals surface area contributed by atoms with Gasteiger partial charge in [-0.2, -0.15) is 0 Å². The van der Waals surface area contributed by atoms with Crippen molar-refractivity contribution >= 4 is 29.8 Å². The van der Waals surface area contributed by atoms with Gasteiger partial charge in [-0.25, -0.2) is 9.59 Å². The maximum Gasteiger partial charge on any atom is 0.408 e. The highest BCUT2D eigenvalue weighted by Gasteiger charge is 2.58. The average molecular weight is 688 g/mol. The summed E-state index contributed by atoms with van der Waals surface area (Å²) in [4.78, 5) is 67.8. The van der Waals surface area contributed by atoms with E-state index in [2.05, 4.69) is 10.6 Å². The van der Waals surface area contributed by atoms with Crippen molar-refractivity contribution in [1.82, 2.24) is 15.5 Å². The Bertz CT molecular complexity index is 1610. The van der Waals surface area contributed by atoms with Gasteiger partial charge in [-0.05, 0) is 63.1 Å². The van der Waals surface area contributed by atoms with Crippen LogP contribution < -0.4 is 10.6 Å². The van der Waals surface area contributed by atoms with Crippen LogP contribution in [0.4, 0.5) is 4.79 Å². The van der Waals surface area contributed by atoms with E-state index >= 15 is 0 Å². The minimum Gasteiger partial charge on any atom is -0.481 e. The summed E-state index contributed by atoms with van der Waals surface area (Å²) in [6, 6.07) is 23.8. The van der Waals surface area contributed by atoms with Crippen molar-refractivity contribution in [3.05, 3.63) is 108 Å². The number of carboxylic acid groups (broad SMARTS) is 1. The van der Waals surface area contributed by atoms with Crippen LogP contribution in [0.25, 0.3) is 0 Å². The zero-order chi connectivity index (χ0) is 36.3. The van der Waals surface area contributed by atoms with Gasteiger partial charge in [0.2, 0.25) is 11.8 Å². The SMILES string of the molecule is CC(C)(C)OC(=O)[C@@]1(O)[C@@H](NC(=O)[C@@H](NC(=O)OCc2ccccc2)C(Cc2ccccc2)C(=O)O)CCN1C(=O)CCCc1ccccc1. The predicted octanol–water partition coefficient (Wildman–Crippen LogP) is 4.00. The van der Waals surface area contributed by atoms with Crippen molar-refractivity contribution in [3.8, 4) is 0 Å². The van der Waals surface area contributed by atoms with Crippen molar-refractivity contribution in [2.75, 3.05) is 6.54 Å². The number of carboxylic acids is 1. The van der Waals surface area contributed by atoms with Crippen LogP contribution in [-0.4, -0.2) is 74.9 Å². The van der Waals surface area contributed by atoms with E-state index < -0.39 is 59.2 Å². The van der Waals surface area contributed by atoms with Gasteiger partial charge >= 0.3 is 18.0 Å². The summed E-state index contributed by atoms with van der Waals surface area (Å²) in [5.74, 6) is -5.50. The molecule has 1 saturated heterocycles. The lowest BCUT2D eigenvalue weighted by molar-refractivity contribution is -0.200. The van der Waals surface area contributed by atoms with Gasteiger partial charge in [-0.3, -0.25) is 14.4 Å². The molecule has 266 valence electrons. The lowest BCUT2D eigenvalue weighted by atomic mass is 9.91. The van der Waals surface area contributed by atoms with Crippen molar-refractivity contribution < 1.29 is 43.7 Å². The molecule has 1 fully saturated rings. The number of hydrogen-bond donors (Lipinski definition) is 4. The number of nitrogens with zero attached hydrogens (tertiary/aromatic N) is 1. The Labute approximate surface area is 291 Å². The first-order valence-electron chi connectivity index (χ1n) is 16.6. The number of aliphatic hydroxyl groups is 1. The molecule has 12 nitrogen and oxygen atoms in total. The van der Waals surface area contributed by atoms with E-state index in [0.29, 0.717) is 24.0 Å². The fourth-order valence-electron chi connectivity index (χ4n) is 5.85. The molecule has 4 N–H and O–H groups in total. The van der Waals surface area contributed by atoms with Gasteiger partial charge in [-0.15, -0.1) is 0 Å². The molecule has 0 spiro atoms. The number of hydrogen-bond acceptors (Lipinski definition) is 8. The maximum atomic E-state index is 14.0. The Morgan fingerprint density at radius 3 is 2.00 bits per heavy atom. The smallest absolute Gasteiger partial charge is 0.408 e. The summed E-state index contributed by atoms with van der Waals surface area (Å²) in [5.41, 5.74) is -1.37. The van der Waals surface area contributed by atoms with Gasteiger partial charge in [0, 0.05) is 13.0 Å². The molecular formula is C38H45N3O9. The molecule has 1 heterocycles. The van der Waals surface area contributed by atoms with E-state index in [-0.39, 0.29) is 32.4 Å². The van der Waals surface area contributed by atoms with E-state index in [9.17, 15) is 34.2 Å². The number of rotatable bonds is 14. The monoisotopic (exact) mass is 687 g/mol. The molecule has 0 aromatic heterocycles. The molecule has 50 heavy (non-hydrogen) atoms. The van der Waals surface area contributed by atoms with Gasteiger partial charge in [-0.1, -0.05) is 91.0 Å². The molecule has 1 aliphatic rings. The topological polar surface area (TPSA) is 172 Å². The Morgan fingerprint density at radius 2 is 1.44 bits per heavy atom. The van der Waals surface area contributed by atoms with Crippen molar-refractivity contribution in [3.63, 3.8) is 0 Å². The summed E-state index contributed by atoms with van der Waals surface area (Å²) < 4.78 is 10.8. The second-order valence-electron chi connectivity index (χ2n) is 13.3. The van der Waals surface area contributed by atoms with Crippen LogP contribution in [0.2, 0.25) is 0 Å². The predicted molar refractivity (Wildman–Crippen MR) is 183 cm³/mol. The lowest BCUT2D eigenvalue weighted by Crippen LogP contribution is -2.66. The molecular weight excluding hydrogens is 642 g/mol. The molecule has 4 atom stereocenters. The van der Waals surface area contributed by atoms with Crippen LogP contribution >= 0.6 is 0 Å². The minimum absolute atomic E-state index is 0.0102. The number of ether oxygens (including phenoxy) is 2. The summed E-state index contributed by atoms with van der Waals surface area (Å²) in [6.07, 6.45) is -0.184. The number of benzene rings is 3. The number of nitrogens with one attached hydrogen (secondary N) is 2. The number of carbonyl (C=O) groups is 5. The molecule has 4 rings (SSSR count). The second kappa shape index (κ2) is 16.9. The van der Waals surface area contributed by atoms with E-state index in [1.54, 1.807) is 81.4 Å². The van der Waals surface area contributed by atoms with Crippen LogP contribution in [0, 0.1) is 5.92 Å². The van der Waals surface area contributed by atoms with Crippen LogP contribution in [-0.2, 0) is 48.1 Å². The Morgan fingerprint density at radius 1 is 0.880 bits per heavy atom. The summed E-state index contributed by atoms with van der Waals surface area (Å²) in [5, 5.41) is 27.3. The average Bonchev–Trinajstić information content (AvgIpc) is 3.42. The zero-order valence-electron chi connectivity index (χ0n) is 28.5. The van der Waals surface area contributed by atoms with Crippen molar-refractivity contribution in [2.24, 2.45) is 5.92 Å². The normalized spacial score (nSPS) is 18.4. The molecule has 3 aromatic rings. The standard InChI is InChI=1S/C38H45N3O9/c1-37(2,3)50-35(46)38(48)30(22-23-41(38)31(42)21-13-20-26-14-7-4-8-15-26)39-33(43)32(29(34(44)45)24-27-16-9-5-10-17-27)40-36(47)49-25-28-18-11-6-12-19-28/h4-12,14-19,29-30,32,48H,13,20-25H2,1-3H3,(H,39,43)(H,40,47)(H,44,45)/t29?,30-,32-,38-/m0/s1. The zero-order valence-corrected chi connectivity index (χ0v) is 28.5. The number of aryl methyl sites for hydroxylation is 1. The number of esters is 1. The van der Waals surface area contributed by atoms with Gasteiger partial charge < -0.3 is 35.2 Å². The highest BCUT2D eigenvalue weighted by molar-refractivity contribution is 5.93. The molecule has 0 radical (unpaired) electrons. The van der Waals surface area contributed by atoms with E-state index in [1.165, 1.54) is 0 Å². The first-order chi connectivity index (χ1) is 23.8. The summed E-state index contributed by atoms with van der Waals surface area (Å²) in [7, 11) is 0. The number of carbonyl (C=O) groups excluding carboxylic acids is 4. The number of alkyl carbamates (subject to hydrolysis) is 1. The van der Waals surface area contributed by atoms with Gasteiger partial charge in [0.15, 0.2) is 0 Å². The van der Waals surface area contributed by atoms with Crippen LogP contribution in [0.5, 0.6) is 0 Å². The minimum atomic E-state index is -2.61. The number of likely N-dealkylation sites (tertiary alicyclic amines) is 1. The first-order valence-corrected chi connectivity index (χ1v) is 16.6. The molecule has 1 aliphatic heterocycles. The summed E-state index contributed by atoms with van der Waals surface area (Å²) in [6.45, 7) is 4.58. The number of amides is 3. The quantitative estimate of drug-likeness (QED) is 0.183. The van der Waals surface area contributed by atoms with Crippen molar-refractivity contribution in [1.29, 1.82) is 0 Å². The van der Waals surface area contributed by atoms with Crippen LogP contribution in [0.3, 0.4) is 0 Å². The van der Waals surface area contributed by atoms with Crippen LogP contribution in [0.15, 0.2) is 91.0 Å². The fraction of sp³-hybridized carbons (Fsp3) is 0.395. The lowest BCUT2D eigenvalue weighted by Gasteiger charge is -2.38. The molecule has 3 amide bonds. The Balaban J connectivity index is 1.58. The maximum absolute atomic E-state index is 14.0. The first kappa shape index (κ1) is 37.6. The number of aliphatic carboxylic acids is 1. The van der Waals surface area contributed by atoms with E-state index in [4.69, 9.17) is 9.47 Å². The molecule has 1 unspecified atom stereocenters. The van der Waals surface area contributed by atoms with Gasteiger partial charge in [0.1, 0.15) is 18.2 Å². The van der Waals surface area contributed by atoms with Crippen LogP contribution in [0.1, 0.15) is 56.7 Å². The van der Waals surface area contributed by atoms with Crippen molar-refractivity contribution in [2.45, 2.75) is 82.9 Å². The third-order valence-electron chi connectivity index (χ3n) is 8.34. The Kier molecular flexibility index (Phi) is 12.7. The molecule has 0 saturated carbocycles. The third-order valence-corrected chi connectivity index (χ3v) is 8.34. The molecule has 12 heteroatoms. The third kappa shape index (κ3) is 10.1. The fourth-order valence-corrected chi connectivity index (χ4v) is 5.85. The largest absolute Gasteiger partial charge is 0.481 e. The second-order valence-corrected chi connectivity index (χ2v) is 13.3. The highest BCUT2D eigenvalue weighted by atomic mass is 16.6. The van der Waals surface area contributed by atoms with Gasteiger partial charge in [0.25, 0.3) is 5.72 Å². The van der Waals surface area contributed by atoms with Gasteiger partial charge in [0.05, 0.1) is 12.0 Å². The molecule has 0 aliphatic carbocycles. The highest BCUT2D eigenvalue weighted by Crippen LogP contribution is 2.32. The van der Waals surface area contributed by atoms with E-state index in [1.807, 2.05) is 30.3 Å². The molecule has 3 aromatic carbocycles.